The highest BCUT2D eigenvalue weighted by molar-refractivity contribution is 7.19. The van der Waals surface area contributed by atoms with Gasteiger partial charge in [-0.3, -0.25) is 0 Å². The lowest BCUT2D eigenvalue weighted by molar-refractivity contribution is 0.0472. The molecule has 1 unspecified atom stereocenters. The lowest BCUT2D eigenvalue weighted by Crippen LogP contribution is -2.23. The lowest BCUT2D eigenvalue weighted by atomic mass is 9.99. The number of benzene rings is 2. The van der Waals surface area contributed by atoms with Gasteiger partial charge in [-0.1, -0.05) is 36.4 Å². The second kappa shape index (κ2) is 5.84. The van der Waals surface area contributed by atoms with Crippen LogP contribution >= 0.6 is 11.3 Å². The van der Waals surface area contributed by atoms with Crippen LogP contribution in [-0.4, -0.2) is 20.2 Å². The Balaban J connectivity index is 1.83. The first-order chi connectivity index (χ1) is 10.9. The molecule has 3 aromatic rings. The van der Waals surface area contributed by atoms with E-state index in [1.807, 2.05) is 18.4 Å². The van der Waals surface area contributed by atoms with Gasteiger partial charge in [0, 0.05) is 16.1 Å². The average Bonchev–Trinajstić information content (AvgIpc) is 2.95. The van der Waals surface area contributed by atoms with Crippen molar-refractivity contribution in [3.05, 3.63) is 59.0 Å². The summed E-state index contributed by atoms with van der Waals surface area (Å²) in [6.45, 7) is 1.70. The summed E-state index contributed by atoms with van der Waals surface area (Å²) in [5.74, 6) is 0. The second-order valence-corrected chi connectivity index (χ2v) is 6.77. The van der Waals surface area contributed by atoms with E-state index in [4.69, 9.17) is 4.74 Å². The molecule has 0 saturated heterocycles. The minimum absolute atomic E-state index is 0.200. The fraction of sp³-hybridized carbons (Fsp3) is 0.263. The first-order valence-electron chi connectivity index (χ1n) is 7.74. The van der Waals surface area contributed by atoms with Gasteiger partial charge in [0.1, 0.15) is 6.10 Å². The van der Waals surface area contributed by atoms with Crippen LogP contribution in [0.1, 0.15) is 16.5 Å². The number of thiophene rings is 1. The van der Waals surface area contributed by atoms with Crippen molar-refractivity contribution in [2.75, 3.05) is 20.2 Å². The van der Waals surface area contributed by atoms with Gasteiger partial charge in [-0.05, 0) is 47.7 Å². The molecule has 1 aliphatic rings. The Morgan fingerprint density at radius 1 is 1.14 bits per heavy atom. The number of likely N-dealkylation sites (N-methyl/N-ethyl adjacent to an activating group) is 1. The molecule has 2 heterocycles. The van der Waals surface area contributed by atoms with Crippen molar-refractivity contribution in [3.8, 4) is 11.1 Å². The number of ether oxygens (including phenoxy) is 1. The Hall–Kier alpha value is -1.68. The van der Waals surface area contributed by atoms with Crippen molar-refractivity contribution in [1.29, 1.82) is 0 Å². The maximum absolute atomic E-state index is 5.94. The van der Waals surface area contributed by atoms with Gasteiger partial charge in [0.2, 0.25) is 0 Å². The van der Waals surface area contributed by atoms with E-state index < -0.39 is 0 Å². The molecule has 22 heavy (non-hydrogen) atoms. The first-order valence-corrected chi connectivity index (χ1v) is 8.55. The average molecular weight is 309 g/mol. The van der Waals surface area contributed by atoms with Crippen molar-refractivity contribution in [1.82, 2.24) is 5.32 Å². The van der Waals surface area contributed by atoms with Crippen LogP contribution in [0.2, 0.25) is 0 Å². The molecule has 0 spiro atoms. The van der Waals surface area contributed by atoms with Crippen molar-refractivity contribution in [2.45, 2.75) is 12.5 Å². The third kappa shape index (κ3) is 2.35. The SMILES string of the molecule is CNCC1OCCc2c1sc1ccc(-c3ccccc3)cc21. The molecule has 1 aromatic heterocycles. The molecule has 0 fully saturated rings. The first kappa shape index (κ1) is 13.9. The van der Waals surface area contributed by atoms with Gasteiger partial charge >= 0.3 is 0 Å². The van der Waals surface area contributed by atoms with E-state index in [1.54, 1.807) is 0 Å². The zero-order chi connectivity index (χ0) is 14.9. The molecule has 2 aromatic carbocycles. The highest BCUT2D eigenvalue weighted by atomic mass is 32.1. The van der Waals surface area contributed by atoms with E-state index in [0.29, 0.717) is 0 Å². The van der Waals surface area contributed by atoms with E-state index in [-0.39, 0.29) is 6.10 Å². The number of hydrogen-bond acceptors (Lipinski definition) is 3. The maximum atomic E-state index is 5.94. The Kier molecular flexibility index (Phi) is 3.70. The highest BCUT2D eigenvalue weighted by Gasteiger charge is 2.24. The molecular weight excluding hydrogens is 290 g/mol. The number of hydrogen-bond donors (Lipinski definition) is 1. The van der Waals surface area contributed by atoms with Gasteiger partial charge in [-0.15, -0.1) is 11.3 Å². The summed E-state index contributed by atoms with van der Waals surface area (Å²) >= 11 is 1.89. The molecule has 0 saturated carbocycles. The lowest BCUT2D eigenvalue weighted by Gasteiger charge is -2.23. The third-order valence-electron chi connectivity index (χ3n) is 4.28. The molecule has 0 radical (unpaired) electrons. The molecule has 0 amide bonds. The predicted molar refractivity (Wildman–Crippen MR) is 93.6 cm³/mol. The zero-order valence-electron chi connectivity index (χ0n) is 12.6. The molecule has 0 aliphatic carbocycles. The molecule has 112 valence electrons. The maximum Gasteiger partial charge on any atom is 0.104 e. The Labute approximate surface area is 134 Å². The van der Waals surface area contributed by atoms with Gasteiger partial charge in [-0.2, -0.15) is 0 Å². The minimum atomic E-state index is 0.200. The summed E-state index contributed by atoms with van der Waals surface area (Å²) in [6.07, 6.45) is 1.22. The van der Waals surface area contributed by atoms with Gasteiger partial charge in [0.05, 0.1) is 6.61 Å². The summed E-state index contributed by atoms with van der Waals surface area (Å²) in [4.78, 5) is 1.40. The quantitative estimate of drug-likeness (QED) is 0.774. The van der Waals surface area contributed by atoms with E-state index >= 15 is 0 Å². The summed E-state index contributed by atoms with van der Waals surface area (Å²) in [7, 11) is 1.98. The summed E-state index contributed by atoms with van der Waals surface area (Å²) < 4.78 is 7.31. The Bertz CT molecular complexity index is 794. The predicted octanol–water partition coefficient (Wildman–Crippen LogP) is 4.40. The van der Waals surface area contributed by atoms with Gasteiger partial charge < -0.3 is 10.1 Å². The van der Waals surface area contributed by atoms with Crippen molar-refractivity contribution < 1.29 is 4.74 Å². The molecule has 0 bridgehead atoms. The molecule has 1 atom stereocenters. The Morgan fingerprint density at radius 2 is 2.00 bits per heavy atom. The number of fused-ring (bicyclic) bond motifs is 3. The van der Waals surface area contributed by atoms with Crippen LogP contribution in [0.15, 0.2) is 48.5 Å². The summed E-state index contributed by atoms with van der Waals surface area (Å²) in [5, 5.41) is 4.65. The minimum Gasteiger partial charge on any atom is -0.371 e. The molecule has 3 heteroatoms. The van der Waals surface area contributed by atoms with Crippen molar-refractivity contribution in [3.63, 3.8) is 0 Å². The van der Waals surface area contributed by atoms with Crippen LogP contribution < -0.4 is 5.32 Å². The Morgan fingerprint density at radius 3 is 2.82 bits per heavy atom. The van der Waals surface area contributed by atoms with E-state index in [1.165, 1.54) is 31.7 Å². The zero-order valence-corrected chi connectivity index (χ0v) is 13.5. The fourth-order valence-corrected chi connectivity index (χ4v) is 4.49. The van der Waals surface area contributed by atoms with E-state index in [2.05, 4.69) is 53.8 Å². The van der Waals surface area contributed by atoms with Crippen LogP contribution in [0.25, 0.3) is 21.2 Å². The molecule has 1 aliphatic heterocycles. The van der Waals surface area contributed by atoms with Crippen molar-refractivity contribution >= 4 is 21.4 Å². The van der Waals surface area contributed by atoms with Gasteiger partial charge in [0.15, 0.2) is 0 Å². The topological polar surface area (TPSA) is 21.3 Å². The largest absolute Gasteiger partial charge is 0.371 e. The normalized spacial score (nSPS) is 17.6. The second-order valence-electron chi connectivity index (χ2n) is 5.69. The summed E-state index contributed by atoms with van der Waals surface area (Å²) in [5.41, 5.74) is 4.07. The van der Waals surface area contributed by atoms with Crippen LogP contribution in [-0.2, 0) is 11.2 Å². The molecular formula is C19H19NOS. The van der Waals surface area contributed by atoms with Crippen LogP contribution in [0.5, 0.6) is 0 Å². The standard InChI is InChI=1S/C19H19NOS/c1-20-12-17-19-15(9-10-21-17)16-11-14(7-8-18(16)22-19)13-5-3-2-4-6-13/h2-8,11,17,20H,9-10,12H2,1H3. The van der Waals surface area contributed by atoms with Crippen molar-refractivity contribution in [2.24, 2.45) is 0 Å². The molecule has 2 nitrogen and oxygen atoms in total. The van der Waals surface area contributed by atoms with Gasteiger partial charge in [0.25, 0.3) is 0 Å². The third-order valence-corrected chi connectivity index (χ3v) is 5.59. The molecule has 1 N–H and O–H groups in total. The summed E-state index contributed by atoms with van der Waals surface area (Å²) in [6, 6.07) is 17.4. The monoisotopic (exact) mass is 309 g/mol. The van der Waals surface area contributed by atoms with E-state index in [0.717, 1.165) is 19.6 Å². The van der Waals surface area contributed by atoms with Crippen LogP contribution in [0.4, 0.5) is 0 Å². The van der Waals surface area contributed by atoms with Crippen LogP contribution in [0, 0.1) is 0 Å². The number of rotatable bonds is 3. The van der Waals surface area contributed by atoms with Gasteiger partial charge in [-0.25, -0.2) is 0 Å². The highest BCUT2D eigenvalue weighted by Crippen LogP contribution is 2.41. The van der Waals surface area contributed by atoms with Crippen LogP contribution in [0.3, 0.4) is 0 Å². The molecule has 4 rings (SSSR count). The fourth-order valence-electron chi connectivity index (χ4n) is 3.21. The smallest absolute Gasteiger partial charge is 0.104 e. The number of nitrogens with one attached hydrogen (secondary N) is 1. The van der Waals surface area contributed by atoms with E-state index in [9.17, 15) is 0 Å².